The zero-order chi connectivity index (χ0) is 17.9. The lowest BCUT2D eigenvalue weighted by Gasteiger charge is -2.32. The molecular weight excluding hydrogens is 348 g/mol. The fourth-order valence-electron chi connectivity index (χ4n) is 3.55. The summed E-state index contributed by atoms with van der Waals surface area (Å²) in [5, 5.41) is 7.19. The van der Waals surface area contributed by atoms with E-state index in [4.69, 9.17) is 0 Å². The molecule has 0 unspecified atom stereocenters. The first-order chi connectivity index (χ1) is 12.7. The van der Waals surface area contributed by atoms with Crippen LogP contribution in [0.1, 0.15) is 41.9 Å². The summed E-state index contributed by atoms with van der Waals surface area (Å²) in [6.45, 7) is 3.42. The fraction of sp³-hybridized carbons (Fsp3) is 0.556. The van der Waals surface area contributed by atoms with E-state index in [1.807, 2.05) is 17.9 Å². The number of likely N-dealkylation sites (tertiary alicyclic amines) is 1. The lowest BCUT2D eigenvalue weighted by Crippen LogP contribution is -2.44. The summed E-state index contributed by atoms with van der Waals surface area (Å²) in [5.41, 5.74) is 2.13. The molecule has 26 heavy (non-hydrogen) atoms. The zero-order valence-corrected chi connectivity index (χ0v) is 15.8. The Morgan fingerprint density at radius 1 is 1.23 bits per heavy atom. The second kappa shape index (κ2) is 7.57. The van der Waals surface area contributed by atoms with Crippen molar-refractivity contribution in [1.82, 2.24) is 19.9 Å². The Labute approximate surface area is 157 Å². The van der Waals surface area contributed by atoms with Gasteiger partial charge in [0, 0.05) is 35.8 Å². The molecule has 0 saturated carbocycles. The molecule has 2 aromatic rings. The average Bonchev–Trinajstić information content (AvgIpc) is 3.04. The number of piperidine rings is 1. The van der Waals surface area contributed by atoms with E-state index in [0.717, 1.165) is 55.4 Å². The Morgan fingerprint density at radius 2 is 2.04 bits per heavy atom. The zero-order valence-electron chi connectivity index (χ0n) is 15.0. The van der Waals surface area contributed by atoms with Crippen molar-refractivity contribution in [2.45, 2.75) is 51.5 Å². The lowest BCUT2D eigenvalue weighted by molar-refractivity contribution is 0.197. The van der Waals surface area contributed by atoms with E-state index >= 15 is 0 Å². The summed E-state index contributed by atoms with van der Waals surface area (Å²) >= 11 is 1.64. The number of nitrogens with one attached hydrogen (secondary N) is 2. The molecule has 0 aromatic carbocycles. The number of amides is 2. The Kier molecular flexibility index (Phi) is 5.01. The van der Waals surface area contributed by atoms with Crippen molar-refractivity contribution in [2.75, 3.05) is 23.7 Å². The summed E-state index contributed by atoms with van der Waals surface area (Å²) in [6.07, 6.45) is 7.97. The van der Waals surface area contributed by atoms with E-state index in [9.17, 15) is 4.79 Å². The van der Waals surface area contributed by atoms with Crippen LogP contribution in [0, 0.1) is 6.92 Å². The predicted molar refractivity (Wildman–Crippen MR) is 103 cm³/mol. The molecule has 0 spiro atoms. The highest BCUT2D eigenvalue weighted by atomic mass is 32.1. The summed E-state index contributed by atoms with van der Waals surface area (Å²) in [4.78, 5) is 28.7. The number of carbonyl (C=O) groups excluding carboxylic acids is 1. The molecule has 2 aromatic heterocycles. The number of aromatic nitrogens is 3. The topological polar surface area (TPSA) is 83.0 Å². The molecule has 1 fully saturated rings. The summed E-state index contributed by atoms with van der Waals surface area (Å²) in [6, 6.07) is 2.25. The third-order valence-corrected chi connectivity index (χ3v) is 6.07. The van der Waals surface area contributed by atoms with E-state index in [-0.39, 0.29) is 6.03 Å². The number of aryl methyl sites for hydroxylation is 3. The molecule has 0 atom stereocenters. The van der Waals surface area contributed by atoms with Crippen LogP contribution >= 0.6 is 11.3 Å². The summed E-state index contributed by atoms with van der Waals surface area (Å²) in [5.74, 6) is 0.855. The van der Waals surface area contributed by atoms with Crippen LogP contribution in [0.2, 0.25) is 0 Å². The first-order valence-corrected chi connectivity index (χ1v) is 10.1. The van der Waals surface area contributed by atoms with E-state index in [1.54, 1.807) is 17.7 Å². The van der Waals surface area contributed by atoms with Gasteiger partial charge in [-0.15, -0.1) is 11.3 Å². The quantitative estimate of drug-likeness (QED) is 0.864. The van der Waals surface area contributed by atoms with Gasteiger partial charge in [-0.3, -0.25) is 5.32 Å². The molecule has 1 aliphatic heterocycles. The highest BCUT2D eigenvalue weighted by molar-refractivity contribution is 7.15. The molecule has 0 radical (unpaired) electrons. The van der Waals surface area contributed by atoms with Crippen molar-refractivity contribution in [3.8, 4) is 0 Å². The molecule has 1 aliphatic carbocycles. The molecule has 7 nitrogen and oxygen atoms in total. The number of carbonyl (C=O) groups is 1. The first-order valence-electron chi connectivity index (χ1n) is 9.27. The minimum atomic E-state index is -0.0348. The molecule has 2 N–H and O–H groups in total. The average molecular weight is 372 g/mol. The van der Waals surface area contributed by atoms with Gasteiger partial charge in [-0.1, -0.05) is 0 Å². The minimum absolute atomic E-state index is 0.0348. The maximum absolute atomic E-state index is 12.5. The van der Waals surface area contributed by atoms with Gasteiger partial charge in [-0.2, -0.15) is 0 Å². The number of hydrogen-bond acceptors (Lipinski definition) is 6. The summed E-state index contributed by atoms with van der Waals surface area (Å²) < 4.78 is 0. The molecule has 3 heterocycles. The molecule has 2 amide bonds. The van der Waals surface area contributed by atoms with Gasteiger partial charge in [0.05, 0.1) is 5.69 Å². The van der Waals surface area contributed by atoms with Gasteiger partial charge in [0.1, 0.15) is 12.1 Å². The van der Waals surface area contributed by atoms with Gasteiger partial charge in [-0.25, -0.2) is 19.7 Å². The SMILES string of the molecule is Cc1cc(NC2CCN(C(=O)Nc3nc4c(s3)CCCC4)CC2)ncn1. The smallest absolute Gasteiger partial charge is 0.323 e. The maximum atomic E-state index is 12.5. The number of nitrogens with zero attached hydrogens (tertiary/aromatic N) is 4. The van der Waals surface area contributed by atoms with Crippen molar-refractivity contribution < 1.29 is 4.79 Å². The molecule has 2 aliphatic rings. The number of fused-ring (bicyclic) bond motifs is 1. The van der Waals surface area contributed by atoms with E-state index in [1.165, 1.54) is 23.4 Å². The molecule has 8 heteroatoms. The van der Waals surface area contributed by atoms with Crippen molar-refractivity contribution in [3.63, 3.8) is 0 Å². The molecule has 1 saturated heterocycles. The van der Waals surface area contributed by atoms with Crippen molar-refractivity contribution in [3.05, 3.63) is 28.7 Å². The predicted octanol–water partition coefficient (Wildman–Crippen LogP) is 3.23. The number of rotatable bonds is 3. The highest BCUT2D eigenvalue weighted by Gasteiger charge is 2.24. The Bertz CT molecular complexity index is 760. The number of urea groups is 1. The Balaban J connectivity index is 1.28. The standard InChI is InChI=1S/C18H24N6OS/c1-12-10-16(20-11-19-12)21-13-6-8-24(9-7-13)18(25)23-17-22-14-4-2-3-5-15(14)26-17/h10-11,13H,2-9H2,1H3,(H,19,20,21)(H,22,23,25). The van der Waals surface area contributed by atoms with Crippen molar-refractivity contribution in [2.24, 2.45) is 0 Å². The van der Waals surface area contributed by atoms with Crippen LogP contribution < -0.4 is 10.6 Å². The van der Waals surface area contributed by atoms with E-state index in [2.05, 4.69) is 25.6 Å². The monoisotopic (exact) mass is 372 g/mol. The lowest BCUT2D eigenvalue weighted by atomic mass is 10.0. The minimum Gasteiger partial charge on any atom is -0.367 e. The molecule has 138 valence electrons. The van der Waals surface area contributed by atoms with Gasteiger partial charge in [0.15, 0.2) is 5.13 Å². The van der Waals surface area contributed by atoms with Crippen LogP contribution in [-0.4, -0.2) is 45.0 Å². The van der Waals surface area contributed by atoms with E-state index in [0.29, 0.717) is 6.04 Å². The third-order valence-electron chi connectivity index (χ3n) is 5.00. The third kappa shape index (κ3) is 3.95. The molecule has 0 bridgehead atoms. The normalized spacial score (nSPS) is 17.7. The molecular formula is C18H24N6OS. The van der Waals surface area contributed by atoms with E-state index < -0.39 is 0 Å². The second-order valence-electron chi connectivity index (χ2n) is 6.98. The first kappa shape index (κ1) is 17.2. The van der Waals surface area contributed by atoms with Crippen LogP contribution in [0.15, 0.2) is 12.4 Å². The number of hydrogen-bond donors (Lipinski definition) is 2. The number of thiazole rings is 1. The van der Waals surface area contributed by atoms with Gasteiger partial charge < -0.3 is 10.2 Å². The van der Waals surface area contributed by atoms with Gasteiger partial charge in [0.25, 0.3) is 0 Å². The van der Waals surface area contributed by atoms with Crippen molar-refractivity contribution in [1.29, 1.82) is 0 Å². The Hall–Kier alpha value is -2.22. The van der Waals surface area contributed by atoms with Crippen LogP contribution in [-0.2, 0) is 12.8 Å². The maximum Gasteiger partial charge on any atom is 0.323 e. The molecule has 4 rings (SSSR count). The fourth-order valence-corrected chi connectivity index (χ4v) is 4.59. The largest absolute Gasteiger partial charge is 0.367 e. The van der Waals surface area contributed by atoms with Crippen LogP contribution in [0.25, 0.3) is 0 Å². The van der Waals surface area contributed by atoms with Gasteiger partial charge in [-0.05, 0) is 45.4 Å². The van der Waals surface area contributed by atoms with Gasteiger partial charge >= 0.3 is 6.03 Å². The van der Waals surface area contributed by atoms with Gasteiger partial charge in [0.2, 0.25) is 0 Å². The van der Waals surface area contributed by atoms with Crippen LogP contribution in [0.3, 0.4) is 0 Å². The highest BCUT2D eigenvalue weighted by Crippen LogP contribution is 2.29. The Morgan fingerprint density at radius 3 is 2.81 bits per heavy atom. The second-order valence-corrected chi connectivity index (χ2v) is 8.06. The van der Waals surface area contributed by atoms with Crippen LogP contribution in [0.5, 0.6) is 0 Å². The number of anilines is 2. The van der Waals surface area contributed by atoms with Crippen molar-refractivity contribution >= 4 is 28.3 Å². The van der Waals surface area contributed by atoms with Crippen LogP contribution in [0.4, 0.5) is 15.7 Å². The summed E-state index contributed by atoms with van der Waals surface area (Å²) in [7, 11) is 0.